The van der Waals surface area contributed by atoms with Crippen LogP contribution >= 0.6 is 0 Å². The van der Waals surface area contributed by atoms with E-state index in [0.29, 0.717) is 13.1 Å². The highest BCUT2D eigenvalue weighted by Crippen LogP contribution is 2.13. The van der Waals surface area contributed by atoms with Gasteiger partial charge in [-0.05, 0) is 37.6 Å². The maximum absolute atomic E-state index is 10.0. The Morgan fingerprint density at radius 1 is 1.35 bits per heavy atom. The zero-order valence-electron chi connectivity index (χ0n) is 11.9. The highest BCUT2D eigenvalue weighted by molar-refractivity contribution is 5.28. The second kappa shape index (κ2) is 6.54. The first kappa shape index (κ1) is 14.6. The number of aliphatic hydroxyl groups is 1. The van der Waals surface area contributed by atoms with Crippen molar-refractivity contribution in [3.05, 3.63) is 47.3 Å². The molecule has 0 saturated carbocycles. The smallest absolute Gasteiger partial charge is 0.119 e. The summed E-state index contributed by atoms with van der Waals surface area (Å²) in [6.07, 6.45) is -0.602. The Balaban J connectivity index is 1.88. The summed E-state index contributed by atoms with van der Waals surface area (Å²) in [4.78, 5) is 0. The van der Waals surface area contributed by atoms with Gasteiger partial charge in [0.25, 0.3) is 0 Å². The standard InChI is InChI=1S/C15H21N3O2/c1-11-6-12(2)18(17-11)9-14(19)10-20-15-5-3-4-13(7-15)8-16/h3-7,14,19H,8-10,16H2,1-2H3. The molecule has 1 aromatic heterocycles. The lowest BCUT2D eigenvalue weighted by molar-refractivity contribution is 0.0887. The van der Waals surface area contributed by atoms with Crippen LogP contribution in [0, 0.1) is 13.8 Å². The van der Waals surface area contributed by atoms with Gasteiger partial charge in [-0.2, -0.15) is 5.10 Å². The Labute approximate surface area is 119 Å². The van der Waals surface area contributed by atoms with Crippen LogP contribution in [-0.2, 0) is 13.1 Å². The van der Waals surface area contributed by atoms with Crippen molar-refractivity contribution in [2.24, 2.45) is 5.73 Å². The largest absolute Gasteiger partial charge is 0.491 e. The zero-order chi connectivity index (χ0) is 14.5. The van der Waals surface area contributed by atoms with E-state index in [1.165, 1.54) is 0 Å². The summed E-state index contributed by atoms with van der Waals surface area (Å²) in [6, 6.07) is 9.56. The predicted molar refractivity (Wildman–Crippen MR) is 77.5 cm³/mol. The second-order valence-corrected chi connectivity index (χ2v) is 4.93. The van der Waals surface area contributed by atoms with Gasteiger partial charge in [0, 0.05) is 12.2 Å². The Morgan fingerprint density at radius 2 is 2.15 bits per heavy atom. The Morgan fingerprint density at radius 3 is 2.80 bits per heavy atom. The van der Waals surface area contributed by atoms with Gasteiger partial charge in [0.05, 0.1) is 12.2 Å². The Kier molecular flexibility index (Phi) is 4.76. The lowest BCUT2D eigenvalue weighted by Crippen LogP contribution is -2.24. The van der Waals surface area contributed by atoms with Crippen molar-refractivity contribution >= 4 is 0 Å². The number of hydrogen-bond acceptors (Lipinski definition) is 4. The fourth-order valence-electron chi connectivity index (χ4n) is 2.07. The van der Waals surface area contributed by atoms with Gasteiger partial charge in [0.2, 0.25) is 0 Å². The zero-order valence-corrected chi connectivity index (χ0v) is 11.9. The summed E-state index contributed by atoms with van der Waals surface area (Å²) in [5.41, 5.74) is 8.57. The SMILES string of the molecule is Cc1cc(C)n(CC(O)COc2cccc(CN)c2)n1. The van der Waals surface area contributed by atoms with E-state index in [2.05, 4.69) is 5.10 Å². The van der Waals surface area contributed by atoms with Gasteiger partial charge >= 0.3 is 0 Å². The molecule has 5 nitrogen and oxygen atoms in total. The molecule has 0 aliphatic rings. The molecule has 108 valence electrons. The summed E-state index contributed by atoms with van der Waals surface area (Å²) in [5, 5.41) is 14.3. The van der Waals surface area contributed by atoms with Gasteiger partial charge in [0.1, 0.15) is 18.5 Å². The van der Waals surface area contributed by atoms with Crippen molar-refractivity contribution in [2.45, 2.75) is 33.0 Å². The lowest BCUT2D eigenvalue weighted by Gasteiger charge is -2.14. The molecule has 5 heteroatoms. The fraction of sp³-hybridized carbons (Fsp3) is 0.400. The van der Waals surface area contributed by atoms with Crippen LogP contribution in [0.2, 0.25) is 0 Å². The lowest BCUT2D eigenvalue weighted by atomic mass is 10.2. The van der Waals surface area contributed by atoms with Crippen molar-refractivity contribution < 1.29 is 9.84 Å². The van der Waals surface area contributed by atoms with Crippen molar-refractivity contribution in [2.75, 3.05) is 6.61 Å². The number of aryl methyl sites for hydroxylation is 2. The van der Waals surface area contributed by atoms with E-state index in [1.807, 2.05) is 44.2 Å². The van der Waals surface area contributed by atoms with E-state index in [9.17, 15) is 5.11 Å². The maximum Gasteiger partial charge on any atom is 0.119 e. The minimum Gasteiger partial charge on any atom is -0.491 e. The third-order valence-electron chi connectivity index (χ3n) is 3.06. The first-order valence-corrected chi connectivity index (χ1v) is 6.69. The molecule has 1 heterocycles. The van der Waals surface area contributed by atoms with E-state index < -0.39 is 6.10 Å². The van der Waals surface area contributed by atoms with E-state index in [1.54, 1.807) is 4.68 Å². The van der Waals surface area contributed by atoms with Crippen LogP contribution in [-0.4, -0.2) is 27.6 Å². The molecule has 0 aliphatic heterocycles. The first-order valence-electron chi connectivity index (χ1n) is 6.69. The molecule has 1 unspecified atom stereocenters. The number of nitrogens with zero attached hydrogens (tertiary/aromatic N) is 2. The second-order valence-electron chi connectivity index (χ2n) is 4.93. The molecule has 0 spiro atoms. The van der Waals surface area contributed by atoms with E-state index in [0.717, 1.165) is 22.7 Å². The molecule has 20 heavy (non-hydrogen) atoms. The monoisotopic (exact) mass is 275 g/mol. The van der Waals surface area contributed by atoms with Gasteiger partial charge < -0.3 is 15.6 Å². The molecule has 0 radical (unpaired) electrons. The predicted octanol–water partition coefficient (Wildman–Crippen LogP) is 1.40. The van der Waals surface area contributed by atoms with Gasteiger partial charge in [-0.1, -0.05) is 12.1 Å². The third-order valence-corrected chi connectivity index (χ3v) is 3.06. The van der Waals surface area contributed by atoms with Crippen molar-refractivity contribution in [3.63, 3.8) is 0 Å². The topological polar surface area (TPSA) is 73.3 Å². The molecule has 1 aromatic carbocycles. The third kappa shape index (κ3) is 3.82. The minimum atomic E-state index is -0.602. The minimum absolute atomic E-state index is 0.229. The Bertz CT molecular complexity index is 566. The molecular formula is C15H21N3O2. The molecule has 0 aliphatic carbocycles. The molecule has 2 rings (SSSR count). The van der Waals surface area contributed by atoms with Crippen molar-refractivity contribution in [1.82, 2.24) is 9.78 Å². The van der Waals surface area contributed by atoms with Gasteiger partial charge in [0.15, 0.2) is 0 Å². The molecule has 1 atom stereocenters. The van der Waals surface area contributed by atoms with Crippen LogP contribution < -0.4 is 10.5 Å². The number of aliphatic hydroxyl groups excluding tert-OH is 1. The summed E-state index contributed by atoms with van der Waals surface area (Å²) >= 11 is 0. The highest BCUT2D eigenvalue weighted by atomic mass is 16.5. The van der Waals surface area contributed by atoms with Crippen LogP contribution in [0.25, 0.3) is 0 Å². The average molecular weight is 275 g/mol. The first-order chi connectivity index (χ1) is 9.58. The van der Waals surface area contributed by atoms with Crippen LogP contribution in [0.4, 0.5) is 0 Å². The van der Waals surface area contributed by atoms with Gasteiger partial charge in [-0.25, -0.2) is 0 Å². The fourth-order valence-corrected chi connectivity index (χ4v) is 2.07. The van der Waals surface area contributed by atoms with Crippen molar-refractivity contribution in [3.8, 4) is 5.75 Å². The normalized spacial score (nSPS) is 12.4. The molecule has 2 aromatic rings. The van der Waals surface area contributed by atoms with Crippen LogP contribution in [0.3, 0.4) is 0 Å². The molecule has 3 N–H and O–H groups in total. The van der Waals surface area contributed by atoms with Crippen LogP contribution in [0.5, 0.6) is 5.75 Å². The van der Waals surface area contributed by atoms with Gasteiger partial charge in [-0.15, -0.1) is 0 Å². The van der Waals surface area contributed by atoms with E-state index in [-0.39, 0.29) is 6.61 Å². The molecule has 0 saturated heterocycles. The van der Waals surface area contributed by atoms with Crippen LogP contribution in [0.1, 0.15) is 17.0 Å². The highest BCUT2D eigenvalue weighted by Gasteiger charge is 2.09. The quantitative estimate of drug-likeness (QED) is 0.835. The molecule has 0 bridgehead atoms. The maximum atomic E-state index is 10.0. The number of rotatable bonds is 6. The average Bonchev–Trinajstić information content (AvgIpc) is 2.75. The number of aromatic nitrogens is 2. The Hall–Kier alpha value is -1.85. The number of hydrogen-bond donors (Lipinski definition) is 2. The van der Waals surface area contributed by atoms with Gasteiger partial charge in [-0.3, -0.25) is 4.68 Å². The summed E-state index contributed by atoms with van der Waals surface area (Å²) < 4.78 is 7.37. The summed E-state index contributed by atoms with van der Waals surface area (Å²) in [7, 11) is 0. The number of ether oxygens (including phenoxy) is 1. The van der Waals surface area contributed by atoms with E-state index in [4.69, 9.17) is 10.5 Å². The molecule has 0 fully saturated rings. The van der Waals surface area contributed by atoms with Crippen LogP contribution in [0.15, 0.2) is 30.3 Å². The number of benzene rings is 1. The molecule has 0 amide bonds. The van der Waals surface area contributed by atoms with E-state index >= 15 is 0 Å². The summed E-state index contributed by atoms with van der Waals surface area (Å²) in [5.74, 6) is 0.723. The summed E-state index contributed by atoms with van der Waals surface area (Å²) in [6.45, 7) is 5.04. The molecular weight excluding hydrogens is 254 g/mol. The van der Waals surface area contributed by atoms with Crippen molar-refractivity contribution in [1.29, 1.82) is 0 Å². The number of nitrogens with two attached hydrogens (primary N) is 1.